The zero-order chi connectivity index (χ0) is 13.1. The number of ether oxygens (including phenoxy) is 1. The lowest BCUT2D eigenvalue weighted by molar-refractivity contribution is 0.180. The number of nitrogens with two attached hydrogens (primary N) is 1. The molecule has 2 N–H and O–H groups in total. The van der Waals surface area contributed by atoms with Crippen LogP contribution in [0.4, 0.5) is 0 Å². The van der Waals surface area contributed by atoms with Gasteiger partial charge in [0.05, 0.1) is 24.7 Å². The van der Waals surface area contributed by atoms with E-state index < -0.39 is 0 Å². The Kier molecular flexibility index (Phi) is 4.73. The Morgan fingerprint density at radius 1 is 1.53 bits per heavy atom. The predicted octanol–water partition coefficient (Wildman–Crippen LogP) is 1.77. The molecule has 3 rings (SSSR count). The lowest BCUT2D eigenvalue weighted by atomic mass is 9.97. The number of thioether (sulfide) groups is 2. The summed E-state index contributed by atoms with van der Waals surface area (Å²) in [5.41, 5.74) is 7.57. The standard InChI is InChI=1S/C13H21N3OS2/c14-13(10-1-2-17-7-10)12-5-15-9-16(12)6-11-8-18-3-4-19-11/h5,9-11,13H,1-4,6-8,14H2. The highest BCUT2D eigenvalue weighted by Gasteiger charge is 2.27. The highest BCUT2D eigenvalue weighted by molar-refractivity contribution is 8.06. The Morgan fingerprint density at radius 3 is 3.21 bits per heavy atom. The molecule has 6 heteroatoms. The maximum atomic E-state index is 6.40. The molecule has 3 atom stereocenters. The molecule has 0 amide bonds. The van der Waals surface area contributed by atoms with Crippen molar-refractivity contribution in [1.29, 1.82) is 0 Å². The van der Waals surface area contributed by atoms with Crippen LogP contribution in [0.3, 0.4) is 0 Å². The van der Waals surface area contributed by atoms with E-state index in [0.717, 1.165) is 26.2 Å². The number of hydrogen-bond acceptors (Lipinski definition) is 5. The molecule has 0 bridgehead atoms. The molecule has 4 nitrogen and oxygen atoms in total. The van der Waals surface area contributed by atoms with Gasteiger partial charge in [0.15, 0.2) is 0 Å². The molecule has 1 aromatic heterocycles. The summed E-state index contributed by atoms with van der Waals surface area (Å²) in [6.45, 7) is 2.68. The van der Waals surface area contributed by atoms with Gasteiger partial charge in [-0.2, -0.15) is 23.5 Å². The molecule has 0 saturated carbocycles. The van der Waals surface area contributed by atoms with E-state index in [0.29, 0.717) is 11.2 Å². The van der Waals surface area contributed by atoms with Gasteiger partial charge in [0, 0.05) is 47.8 Å². The summed E-state index contributed by atoms with van der Waals surface area (Å²) >= 11 is 4.14. The summed E-state index contributed by atoms with van der Waals surface area (Å²) in [5, 5.41) is 0.693. The third kappa shape index (κ3) is 3.29. The molecular formula is C13H21N3OS2. The fourth-order valence-electron chi connectivity index (χ4n) is 2.70. The minimum absolute atomic E-state index is 0.0613. The van der Waals surface area contributed by atoms with Crippen LogP contribution in [0.15, 0.2) is 12.5 Å². The van der Waals surface area contributed by atoms with Gasteiger partial charge in [0.1, 0.15) is 0 Å². The summed E-state index contributed by atoms with van der Waals surface area (Å²) in [4.78, 5) is 4.31. The molecule has 0 aromatic carbocycles. The van der Waals surface area contributed by atoms with E-state index in [9.17, 15) is 0 Å². The number of aromatic nitrogens is 2. The Hall–Kier alpha value is -0.170. The van der Waals surface area contributed by atoms with Gasteiger partial charge in [-0.15, -0.1) is 0 Å². The van der Waals surface area contributed by atoms with Gasteiger partial charge in [-0.05, 0) is 6.42 Å². The molecule has 0 aliphatic carbocycles. The van der Waals surface area contributed by atoms with Crippen molar-refractivity contribution in [3.63, 3.8) is 0 Å². The molecule has 1 aromatic rings. The molecular weight excluding hydrogens is 278 g/mol. The van der Waals surface area contributed by atoms with Crippen LogP contribution in [-0.4, -0.2) is 45.3 Å². The highest BCUT2D eigenvalue weighted by atomic mass is 32.2. The summed E-state index contributed by atoms with van der Waals surface area (Å²) in [7, 11) is 0. The normalized spacial score (nSPS) is 29.5. The highest BCUT2D eigenvalue weighted by Crippen LogP contribution is 2.29. The van der Waals surface area contributed by atoms with E-state index in [4.69, 9.17) is 10.5 Å². The largest absolute Gasteiger partial charge is 0.381 e. The second-order valence-corrected chi connectivity index (χ2v) is 7.75. The van der Waals surface area contributed by atoms with Gasteiger partial charge in [-0.25, -0.2) is 4.98 Å². The van der Waals surface area contributed by atoms with E-state index in [2.05, 4.69) is 33.1 Å². The molecule has 106 valence electrons. The average molecular weight is 299 g/mol. The second kappa shape index (κ2) is 6.52. The lowest BCUT2D eigenvalue weighted by Crippen LogP contribution is -2.27. The van der Waals surface area contributed by atoms with Crippen LogP contribution in [0.1, 0.15) is 18.2 Å². The third-order valence-corrected chi connectivity index (χ3v) is 6.67. The van der Waals surface area contributed by atoms with Crippen molar-refractivity contribution >= 4 is 23.5 Å². The predicted molar refractivity (Wildman–Crippen MR) is 81.7 cm³/mol. The zero-order valence-corrected chi connectivity index (χ0v) is 12.7. The van der Waals surface area contributed by atoms with Gasteiger partial charge in [-0.3, -0.25) is 0 Å². The third-order valence-electron chi connectivity index (χ3n) is 3.84. The Labute approximate surface area is 122 Å². The molecule has 2 fully saturated rings. The molecule has 2 aliphatic rings. The minimum Gasteiger partial charge on any atom is -0.381 e. The van der Waals surface area contributed by atoms with Gasteiger partial charge < -0.3 is 15.0 Å². The Balaban J connectivity index is 1.66. The lowest BCUT2D eigenvalue weighted by Gasteiger charge is -2.24. The van der Waals surface area contributed by atoms with E-state index >= 15 is 0 Å². The van der Waals surface area contributed by atoms with Crippen LogP contribution < -0.4 is 5.73 Å². The SMILES string of the molecule is NC(c1cncn1CC1CSCCS1)C1CCOC1. The zero-order valence-electron chi connectivity index (χ0n) is 11.0. The summed E-state index contributed by atoms with van der Waals surface area (Å²) in [6.07, 6.45) is 4.94. The van der Waals surface area contributed by atoms with E-state index in [1.165, 1.54) is 23.0 Å². The topological polar surface area (TPSA) is 53.1 Å². The van der Waals surface area contributed by atoms with Gasteiger partial charge in [0.2, 0.25) is 0 Å². The molecule has 0 radical (unpaired) electrons. The van der Waals surface area contributed by atoms with Crippen molar-refractivity contribution in [2.45, 2.75) is 24.3 Å². The van der Waals surface area contributed by atoms with Crippen molar-refractivity contribution in [3.8, 4) is 0 Å². The smallest absolute Gasteiger partial charge is 0.0949 e. The van der Waals surface area contributed by atoms with Crippen LogP contribution in [-0.2, 0) is 11.3 Å². The molecule has 3 heterocycles. The fourth-order valence-corrected chi connectivity index (χ4v) is 5.36. The molecule has 19 heavy (non-hydrogen) atoms. The first-order chi connectivity index (χ1) is 9.34. The van der Waals surface area contributed by atoms with Crippen LogP contribution in [0.2, 0.25) is 0 Å². The summed E-state index contributed by atoms with van der Waals surface area (Å²) in [6, 6.07) is 0.0613. The Bertz CT molecular complexity index is 400. The molecule has 2 aliphatic heterocycles. The summed E-state index contributed by atoms with van der Waals surface area (Å²) in [5.74, 6) is 4.24. The molecule has 0 spiro atoms. The van der Waals surface area contributed by atoms with E-state index in [1.54, 1.807) is 0 Å². The van der Waals surface area contributed by atoms with Gasteiger partial charge in [0.25, 0.3) is 0 Å². The number of nitrogens with zero attached hydrogens (tertiary/aromatic N) is 2. The van der Waals surface area contributed by atoms with Crippen molar-refractivity contribution < 1.29 is 4.74 Å². The maximum Gasteiger partial charge on any atom is 0.0949 e. The quantitative estimate of drug-likeness (QED) is 0.918. The summed E-state index contributed by atoms with van der Waals surface area (Å²) < 4.78 is 7.71. The van der Waals surface area contributed by atoms with Gasteiger partial charge >= 0.3 is 0 Å². The Morgan fingerprint density at radius 2 is 2.47 bits per heavy atom. The number of rotatable bonds is 4. The number of hydrogen-bond donors (Lipinski definition) is 1. The minimum atomic E-state index is 0.0613. The first-order valence-electron chi connectivity index (χ1n) is 6.87. The van der Waals surface area contributed by atoms with Crippen molar-refractivity contribution in [1.82, 2.24) is 9.55 Å². The van der Waals surface area contributed by atoms with Crippen LogP contribution in [0.5, 0.6) is 0 Å². The molecule has 3 unspecified atom stereocenters. The van der Waals surface area contributed by atoms with Crippen LogP contribution >= 0.6 is 23.5 Å². The second-order valence-electron chi connectivity index (χ2n) is 5.19. The van der Waals surface area contributed by atoms with Crippen molar-refractivity contribution in [2.75, 3.05) is 30.5 Å². The van der Waals surface area contributed by atoms with Crippen LogP contribution in [0.25, 0.3) is 0 Å². The van der Waals surface area contributed by atoms with Crippen molar-refractivity contribution in [2.24, 2.45) is 11.7 Å². The van der Waals surface area contributed by atoms with Crippen LogP contribution in [0, 0.1) is 5.92 Å². The monoisotopic (exact) mass is 299 g/mol. The fraction of sp³-hybridized carbons (Fsp3) is 0.769. The van der Waals surface area contributed by atoms with E-state index in [1.807, 2.05) is 12.5 Å². The first kappa shape index (κ1) is 13.8. The van der Waals surface area contributed by atoms with E-state index in [-0.39, 0.29) is 6.04 Å². The maximum absolute atomic E-state index is 6.40. The number of imidazole rings is 1. The molecule has 2 saturated heterocycles. The average Bonchev–Trinajstić information content (AvgIpc) is 3.10. The first-order valence-corrected chi connectivity index (χ1v) is 9.07. The van der Waals surface area contributed by atoms with Gasteiger partial charge in [-0.1, -0.05) is 0 Å². The van der Waals surface area contributed by atoms with Crippen molar-refractivity contribution in [3.05, 3.63) is 18.2 Å².